The van der Waals surface area contributed by atoms with E-state index in [0.717, 1.165) is 37.4 Å². The molecule has 26 heavy (non-hydrogen) atoms. The Morgan fingerprint density at radius 1 is 1.23 bits per heavy atom. The molecule has 2 aliphatic rings. The first kappa shape index (κ1) is 19.3. The minimum atomic E-state index is -3.21. The largest absolute Gasteiger partial charge is 0.350 e. The number of hydrogen-bond acceptors (Lipinski definition) is 5. The zero-order valence-corrected chi connectivity index (χ0v) is 16.5. The molecule has 1 fully saturated rings. The van der Waals surface area contributed by atoms with Crippen LogP contribution in [0.2, 0.25) is 0 Å². The number of aryl methyl sites for hydroxylation is 1. The van der Waals surface area contributed by atoms with Gasteiger partial charge >= 0.3 is 0 Å². The quantitative estimate of drug-likeness (QED) is 0.768. The first-order chi connectivity index (χ1) is 12.3. The molecule has 9 heteroatoms. The summed E-state index contributed by atoms with van der Waals surface area (Å²) in [5.74, 6) is -0.00729. The number of hydrogen-bond donors (Lipinski definition) is 1. The minimum Gasteiger partial charge on any atom is -0.350 e. The van der Waals surface area contributed by atoms with Crippen molar-refractivity contribution in [2.75, 3.05) is 32.4 Å². The van der Waals surface area contributed by atoms with Crippen LogP contribution in [0.5, 0.6) is 0 Å². The molecule has 0 aromatic carbocycles. The first-order valence-electron chi connectivity index (χ1n) is 9.34. The fourth-order valence-electron chi connectivity index (χ4n) is 3.65. The van der Waals surface area contributed by atoms with Gasteiger partial charge in [0, 0.05) is 25.6 Å². The fourth-order valence-corrected chi connectivity index (χ4v) is 4.48. The number of rotatable bonds is 6. The van der Waals surface area contributed by atoms with Crippen molar-refractivity contribution in [2.45, 2.75) is 45.8 Å². The van der Waals surface area contributed by atoms with Crippen LogP contribution >= 0.6 is 0 Å². The van der Waals surface area contributed by atoms with Crippen LogP contribution < -0.4 is 5.32 Å². The van der Waals surface area contributed by atoms with Gasteiger partial charge in [0.05, 0.1) is 30.7 Å². The number of carbonyl (C=O) groups excluding carboxylic acids is 1. The summed E-state index contributed by atoms with van der Waals surface area (Å²) in [5.41, 5.74) is 1.65. The summed E-state index contributed by atoms with van der Waals surface area (Å²) in [6, 6.07) is 1.90. The number of fused-ring (bicyclic) bond motifs is 1. The minimum absolute atomic E-state index is 0.0397. The van der Waals surface area contributed by atoms with Crippen LogP contribution in [-0.4, -0.2) is 65.7 Å². The number of amides is 1. The lowest BCUT2D eigenvalue weighted by molar-refractivity contribution is -0.125. The van der Waals surface area contributed by atoms with E-state index >= 15 is 0 Å². The molecule has 1 aromatic rings. The SMILES string of the molecule is C[C@@H](CN1CCCC1)C(=O)NCc1cc2n(n1)CCCN(S(C)(=O)=O)C2. The van der Waals surface area contributed by atoms with Crippen LogP contribution in [-0.2, 0) is 34.5 Å². The van der Waals surface area contributed by atoms with Gasteiger partial charge in [0.15, 0.2) is 0 Å². The van der Waals surface area contributed by atoms with Crippen LogP contribution in [0.3, 0.4) is 0 Å². The van der Waals surface area contributed by atoms with Gasteiger partial charge in [0.25, 0.3) is 0 Å². The van der Waals surface area contributed by atoms with Crippen LogP contribution in [0.1, 0.15) is 37.6 Å². The van der Waals surface area contributed by atoms with Crippen molar-refractivity contribution in [3.8, 4) is 0 Å². The van der Waals surface area contributed by atoms with Crippen molar-refractivity contribution in [3.63, 3.8) is 0 Å². The third-order valence-electron chi connectivity index (χ3n) is 5.12. The lowest BCUT2D eigenvalue weighted by Crippen LogP contribution is -2.36. The van der Waals surface area contributed by atoms with E-state index in [1.807, 2.05) is 17.7 Å². The molecule has 0 saturated carbocycles. The standard InChI is InChI=1S/C17H29N5O3S/c1-14(12-20-6-3-4-7-20)17(23)18-11-15-10-16-13-21(26(2,24)25)8-5-9-22(16)19-15/h10,14H,3-9,11-13H2,1-2H3,(H,18,23)/t14-/m0/s1. The highest BCUT2D eigenvalue weighted by atomic mass is 32.2. The number of sulfonamides is 1. The summed E-state index contributed by atoms with van der Waals surface area (Å²) in [4.78, 5) is 14.7. The van der Waals surface area contributed by atoms with E-state index in [4.69, 9.17) is 0 Å². The van der Waals surface area contributed by atoms with Crippen molar-refractivity contribution >= 4 is 15.9 Å². The summed E-state index contributed by atoms with van der Waals surface area (Å²) < 4.78 is 27.0. The second-order valence-corrected chi connectivity index (χ2v) is 9.41. The maximum absolute atomic E-state index is 12.3. The van der Waals surface area contributed by atoms with E-state index in [1.165, 1.54) is 23.4 Å². The Bertz CT molecular complexity index is 740. The Morgan fingerprint density at radius 3 is 2.65 bits per heavy atom. The highest BCUT2D eigenvalue weighted by Crippen LogP contribution is 2.16. The van der Waals surface area contributed by atoms with Crippen LogP contribution in [0.15, 0.2) is 6.07 Å². The average Bonchev–Trinajstić information content (AvgIpc) is 3.16. The maximum Gasteiger partial charge on any atom is 0.224 e. The van der Waals surface area contributed by atoms with Crippen molar-refractivity contribution in [1.82, 2.24) is 24.3 Å². The van der Waals surface area contributed by atoms with Gasteiger partial charge in [-0.05, 0) is 38.4 Å². The molecule has 0 spiro atoms. The Balaban J connectivity index is 1.55. The molecule has 0 aliphatic carbocycles. The summed E-state index contributed by atoms with van der Waals surface area (Å²) in [6.45, 7) is 6.86. The molecule has 8 nitrogen and oxygen atoms in total. The zero-order chi connectivity index (χ0) is 18.7. The summed E-state index contributed by atoms with van der Waals surface area (Å²) >= 11 is 0. The number of carbonyl (C=O) groups is 1. The molecule has 1 amide bonds. The topological polar surface area (TPSA) is 87.5 Å². The molecule has 3 heterocycles. The predicted octanol–water partition coefficient (Wildman–Crippen LogP) is 0.397. The van der Waals surface area contributed by atoms with Gasteiger partial charge in [-0.1, -0.05) is 6.92 Å². The van der Waals surface area contributed by atoms with E-state index in [9.17, 15) is 13.2 Å². The Labute approximate surface area is 155 Å². The molecule has 0 radical (unpaired) electrons. The van der Waals surface area contributed by atoms with Gasteiger partial charge in [0.2, 0.25) is 15.9 Å². The number of aromatic nitrogens is 2. The number of nitrogens with one attached hydrogen (secondary N) is 1. The third-order valence-corrected chi connectivity index (χ3v) is 6.37. The third kappa shape index (κ3) is 4.83. The molecule has 3 rings (SSSR count). The van der Waals surface area contributed by atoms with Gasteiger partial charge in [-0.3, -0.25) is 9.48 Å². The van der Waals surface area contributed by atoms with Gasteiger partial charge in [-0.25, -0.2) is 8.42 Å². The molecular weight excluding hydrogens is 354 g/mol. The summed E-state index contributed by atoms with van der Waals surface area (Å²) in [7, 11) is -3.21. The van der Waals surface area contributed by atoms with Crippen LogP contribution in [0.4, 0.5) is 0 Å². The highest BCUT2D eigenvalue weighted by molar-refractivity contribution is 7.88. The van der Waals surface area contributed by atoms with Gasteiger partial charge < -0.3 is 10.2 Å². The Hall–Kier alpha value is -1.45. The Morgan fingerprint density at radius 2 is 1.96 bits per heavy atom. The summed E-state index contributed by atoms with van der Waals surface area (Å²) in [5, 5.41) is 7.50. The van der Waals surface area contributed by atoms with Crippen molar-refractivity contribution in [2.24, 2.45) is 5.92 Å². The van der Waals surface area contributed by atoms with E-state index in [0.29, 0.717) is 26.2 Å². The van der Waals surface area contributed by atoms with E-state index < -0.39 is 10.0 Å². The van der Waals surface area contributed by atoms with Crippen molar-refractivity contribution in [1.29, 1.82) is 0 Å². The molecule has 1 N–H and O–H groups in total. The fraction of sp³-hybridized carbons (Fsp3) is 0.765. The lowest BCUT2D eigenvalue weighted by atomic mass is 10.1. The van der Waals surface area contributed by atoms with Crippen LogP contribution in [0, 0.1) is 5.92 Å². The van der Waals surface area contributed by atoms with E-state index in [1.54, 1.807) is 0 Å². The van der Waals surface area contributed by atoms with E-state index in [-0.39, 0.29) is 11.8 Å². The van der Waals surface area contributed by atoms with Gasteiger partial charge in [0.1, 0.15) is 0 Å². The second-order valence-electron chi connectivity index (χ2n) is 7.43. The molecule has 1 atom stereocenters. The second kappa shape index (κ2) is 8.06. The Kier molecular flexibility index (Phi) is 5.99. The molecule has 0 bridgehead atoms. The molecular formula is C17H29N5O3S. The normalized spacial score (nSPS) is 20.5. The van der Waals surface area contributed by atoms with Gasteiger partial charge in [-0.2, -0.15) is 9.40 Å². The number of nitrogens with zero attached hydrogens (tertiary/aromatic N) is 4. The van der Waals surface area contributed by atoms with Crippen molar-refractivity contribution < 1.29 is 13.2 Å². The smallest absolute Gasteiger partial charge is 0.224 e. The molecule has 2 aliphatic heterocycles. The van der Waals surface area contributed by atoms with Crippen LogP contribution in [0.25, 0.3) is 0 Å². The molecule has 1 aromatic heterocycles. The molecule has 0 unspecified atom stereocenters. The zero-order valence-electron chi connectivity index (χ0n) is 15.6. The summed E-state index contributed by atoms with van der Waals surface area (Å²) in [6.07, 6.45) is 4.42. The monoisotopic (exact) mass is 383 g/mol. The van der Waals surface area contributed by atoms with Crippen molar-refractivity contribution in [3.05, 3.63) is 17.5 Å². The lowest BCUT2D eigenvalue weighted by Gasteiger charge is -2.19. The maximum atomic E-state index is 12.3. The highest BCUT2D eigenvalue weighted by Gasteiger charge is 2.23. The number of likely N-dealkylation sites (tertiary alicyclic amines) is 1. The molecule has 146 valence electrons. The molecule has 1 saturated heterocycles. The van der Waals surface area contributed by atoms with E-state index in [2.05, 4.69) is 15.3 Å². The first-order valence-corrected chi connectivity index (χ1v) is 11.2. The van der Waals surface area contributed by atoms with Gasteiger partial charge in [-0.15, -0.1) is 0 Å². The predicted molar refractivity (Wildman–Crippen MR) is 98.8 cm³/mol. The average molecular weight is 384 g/mol.